The molecule has 10 heteroatoms. The van der Waals surface area contributed by atoms with Gasteiger partial charge in [0, 0.05) is 17.6 Å². The zero-order chi connectivity index (χ0) is 24.8. The fourth-order valence-electron chi connectivity index (χ4n) is 3.40. The van der Waals surface area contributed by atoms with E-state index in [0.717, 1.165) is 16.4 Å². The lowest BCUT2D eigenvalue weighted by Gasteiger charge is -2.16. The average Bonchev–Trinajstić information content (AvgIpc) is 3.45. The van der Waals surface area contributed by atoms with Crippen molar-refractivity contribution in [3.8, 4) is 11.8 Å². The molecule has 2 aromatic heterocycles. The summed E-state index contributed by atoms with van der Waals surface area (Å²) in [5, 5.41) is 25.4. The second-order valence-electron chi connectivity index (χ2n) is 7.82. The quantitative estimate of drug-likeness (QED) is 0.321. The minimum Gasteiger partial charge on any atom is -0.309 e. The third-order valence-corrected chi connectivity index (χ3v) is 7.63. The maximum atomic E-state index is 13.1. The third-order valence-electron chi connectivity index (χ3n) is 5.32. The molecule has 1 amide bonds. The van der Waals surface area contributed by atoms with E-state index in [1.165, 1.54) is 28.2 Å². The molecule has 4 rings (SSSR count). The number of thioether (sulfide) groups is 2. The summed E-state index contributed by atoms with van der Waals surface area (Å²) in [6.07, 6.45) is 2.01. The van der Waals surface area contributed by atoms with E-state index in [0.29, 0.717) is 28.7 Å². The van der Waals surface area contributed by atoms with Crippen LogP contribution in [-0.2, 0) is 17.6 Å². The summed E-state index contributed by atoms with van der Waals surface area (Å²) < 4.78 is 3.49. The van der Waals surface area contributed by atoms with E-state index in [1.54, 1.807) is 18.8 Å². The van der Waals surface area contributed by atoms with Gasteiger partial charge in [0.2, 0.25) is 5.91 Å². The van der Waals surface area contributed by atoms with Gasteiger partial charge in [-0.1, -0.05) is 54.6 Å². The summed E-state index contributed by atoms with van der Waals surface area (Å²) in [5.74, 6) is 1.61. The lowest BCUT2D eigenvalue weighted by molar-refractivity contribution is -0.115. The number of benzene rings is 2. The summed E-state index contributed by atoms with van der Waals surface area (Å²) >= 11 is 3.05. The number of nitrogens with zero attached hydrogens (tertiary/aromatic N) is 6. The van der Waals surface area contributed by atoms with Crippen molar-refractivity contribution in [3.05, 3.63) is 77.7 Å². The van der Waals surface area contributed by atoms with Crippen molar-refractivity contribution in [2.24, 2.45) is 7.05 Å². The predicted octanol–water partition coefficient (Wildman–Crippen LogP) is 4.98. The first-order chi connectivity index (χ1) is 17.0. The van der Waals surface area contributed by atoms with Crippen molar-refractivity contribution in [1.29, 1.82) is 5.26 Å². The summed E-state index contributed by atoms with van der Waals surface area (Å²) in [5.41, 5.74) is 2.48. The molecule has 178 valence electrons. The van der Waals surface area contributed by atoms with E-state index < -0.39 is 5.25 Å². The van der Waals surface area contributed by atoms with Crippen LogP contribution in [0.2, 0.25) is 0 Å². The number of anilines is 1. The van der Waals surface area contributed by atoms with E-state index in [9.17, 15) is 10.1 Å². The number of para-hydroxylation sites is 1. The van der Waals surface area contributed by atoms with Gasteiger partial charge in [0.05, 0.1) is 17.2 Å². The topological polar surface area (TPSA) is 101 Å². The van der Waals surface area contributed by atoms with Crippen molar-refractivity contribution in [2.45, 2.75) is 41.3 Å². The molecule has 0 spiro atoms. The molecule has 1 unspecified atom stereocenters. The largest absolute Gasteiger partial charge is 0.309 e. The molecule has 8 nitrogen and oxygen atoms in total. The van der Waals surface area contributed by atoms with Crippen LogP contribution in [0.1, 0.15) is 30.3 Å². The number of hydrogen-bond acceptors (Lipinski definition) is 7. The van der Waals surface area contributed by atoms with E-state index in [2.05, 4.69) is 57.9 Å². The molecule has 0 saturated carbocycles. The lowest BCUT2D eigenvalue weighted by Crippen LogP contribution is -2.26. The zero-order valence-electron chi connectivity index (χ0n) is 19.7. The summed E-state index contributed by atoms with van der Waals surface area (Å²) in [7, 11) is 1.69. The van der Waals surface area contributed by atoms with Crippen molar-refractivity contribution >= 4 is 35.2 Å². The van der Waals surface area contributed by atoms with Crippen LogP contribution in [0.5, 0.6) is 0 Å². The second-order valence-corrected chi connectivity index (χ2v) is 10.0. The van der Waals surface area contributed by atoms with Gasteiger partial charge in [0.15, 0.2) is 5.16 Å². The van der Waals surface area contributed by atoms with Gasteiger partial charge in [-0.15, -0.1) is 22.0 Å². The highest BCUT2D eigenvalue weighted by atomic mass is 32.2. The van der Waals surface area contributed by atoms with Crippen LogP contribution in [0.3, 0.4) is 0 Å². The first-order valence-corrected chi connectivity index (χ1v) is 13.0. The Morgan fingerprint density at radius 3 is 2.57 bits per heavy atom. The molecule has 2 heterocycles. The lowest BCUT2D eigenvalue weighted by atomic mass is 10.2. The highest BCUT2D eigenvalue weighted by molar-refractivity contribution is 8.00. The van der Waals surface area contributed by atoms with Gasteiger partial charge in [0.25, 0.3) is 0 Å². The molecular formula is C25H25N7OS2. The third kappa shape index (κ3) is 5.75. The van der Waals surface area contributed by atoms with Gasteiger partial charge in [-0.05, 0) is 37.6 Å². The normalized spacial score (nSPS) is 11.7. The molecule has 2 aromatic carbocycles. The Labute approximate surface area is 212 Å². The number of hydrogen-bond donors (Lipinski definition) is 1. The highest BCUT2D eigenvalue weighted by Crippen LogP contribution is 2.31. The first kappa shape index (κ1) is 24.6. The van der Waals surface area contributed by atoms with Crippen molar-refractivity contribution < 1.29 is 4.79 Å². The standard InChI is InChI=1S/C25H25N7OS2/c1-4-21(24(33)28-23-18(14-26)15-27-31(23)3)35-25-30-29-22(32(25)19-8-6-5-7-9-19)16-34-20-12-10-17(2)11-13-20/h5-13,15,21H,4,16H2,1-3H3,(H,28,33). The Balaban J connectivity index is 1.58. The number of aryl methyl sites for hydroxylation is 2. The number of carbonyl (C=O) groups excluding carboxylic acids is 1. The van der Waals surface area contributed by atoms with Crippen LogP contribution >= 0.6 is 23.5 Å². The summed E-state index contributed by atoms with van der Waals surface area (Å²) in [6.45, 7) is 4.02. The molecule has 0 aliphatic heterocycles. The highest BCUT2D eigenvalue weighted by Gasteiger charge is 2.25. The molecule has 0 aliphatic carbocycles. The minimum atomic E-state index is -0.430. The number of nitriles is 1. The van der Waals surface area contributed by atoms with E-state index in [-0.39, 0.29) is 5.91 Å². The Kier molecular flexibility index (Phi) is 7.90. The smallest absolute Gasteiger partial charge is 0.239 e. The zero-order valence-corrected chi connectivity index (χ0v) is 21.3. The number of amides is 1. The van der Waals surface area contributed by atoms with E-state index in [4.69, 9.17) is 0 Å². The molecule has 35 heavy (non-hydrogen) atoms. The van der Waals surface area contributed by atoms with Gasteiger partial charge in [-0.3, -0.25) is 14.0 Å². The van der Waals surface area contributed by atoms with Gasteiger partial charge in [-0.25, -0.2) is 0 Å². The second kappa shape index (κ2) is 11.3. The molecule has 4 aromatic rings. The Morgan fingerprint density at radius 1 is 1.14 bits per heavy atom. The molecule has 0 aliphatic rings. The van der Waals surface area contributed by atoms with E-state index in [1.807, 2.05) is 41.8 Å². The molecule has 0 radical (unpaired) electrons. The van der Waals surface area contributed by atoms with Crippen LogP contribution < -0.4 is 5.32 Å². The van der Waals surface area contributed by atoms with Crippen LogP contribution in [0.4, 0.5) is 5.82 Å². The number of carbonyl (C=O) groups is 1. The monoisotopic (exact) mass is 503 g/mol. The average molecular weight is 504 g/mol. The van der Waals surface area contributed by atoms with Crippen molar-refractivity contribution in [2.75, 3.05) is 5.32 Å². The predicted molar refractivity (Wildman–Crippen MR) is 139 cm³/mol. The van der Waals surface area contributed by atoms with Gasteiger partial charge < -0.3 is 5.32 Å². The minimum absolute atomic E-state index is 0.212. The Morgan fingerprint density at radius 2 is 1.89 bits per heavy atom. The summed E-state index contributed by atoms with van der Waals surface area (Å²) in [4.78, 5) is 14.3. The molecule has 0 saturated heterocycles. The Bertz CT molecular complexity index is 1340. The van der Waals surface area contributed by atoms with Gasteiger partial charge in [0.1, 0.15) is 23.3 Å². The maximum absolute atomic E-state index is 13.1. The molecule has 1 N–H and O–H groups in total. The summed E-state index contributed by atoms with van der Waals surface area (Å²) in [6, 6.07) is 20.4. The number of aromatic nitrogens is 5. The fraction of sp³-hybridized carbons (Fsp3) is 0.240. The van der Waals surface area contributed by atoms with Crippen molar-refractivity contribution in [3.63, 3.8) is 0 Å². The number of nitrogens with one attached hydrogen (secondary N) is 1. The molecular weight excluding hydrogens is 478 g/mol. The van der Waals surface area contributed by atoms with E-state index >= 15 is 0 Å². The van der Waals surface area contributed by atoms with Gasteiger partial charge >= 0.3 is 0 Å². The maximum Gasteiger partial charge on any atom is 0.239 e. The fourth-order valence-corrected chi connectivity index (χ4v) is 5.21. The Hall–Kier alpha value is -3.55. The number of rotatable bonds is 9. The molecule has 0 bridgehead atoms. The molecule has 0 fully saturated rings. The van der Waals surface area contributed by atoms with Crippen LogP contribution in [0.25, 0.3) is 5.69 Å². The van der Waals surface area contributed by atoms with Crippen molar-refractivity contribution in [1.82, 2.24) is 24.5 Å². The first-order valence-electron chi connectivity index (χ1n) is 11.1. The van der Waals surface area contributed by atoms with Crippen LogP contribution in [0.15, 0.2) is 70.8 Å². The van der Waals surface area contributed by atoms with Gasteiger partial charge in [-0.2, -0.15) is 10.4 Å². The van der Waals surface area contributed by atoms with Crippen LogP contribution in [0, 0.1) is 18.3 Å². The molecule has 1 atom stereocenters. The SMILES string of the molecule is CCC(Sc1nnc(CSc2ccc(C)cc2)n1-c1ccccc1)C(=O)Nc1c(C#N)cnn1C. The van der Waals surface area contributed by atoms with Crippen LogP contribution in [-0.4, -0.2) is 35.7 Å².